The Labute approximate surface area is 111 Å². The van der Waals surface area contributed by atoms with Crippen molar-refractivity contribution < 1.29 is 13.2 Å². The monoisotopic (exact) mass is 288 g/mol. The summed E-state index contributed by atoms with van der Waals surface area (Å²) in [6.45, 7) is 3.46. The molecule has 0 aromatic carbocycles. The van der Waals surface area contributed by atoms with Crippen molar-refractivity contribution in [2.45, 2.75) is 25.7 Å². The van der Waals surface area contributed by atoms with Gasteiger partial charge in [-0.05, 0) is 6.92 Å². The van der Waals surface area contributed by atoms with Gasteiger partial charge in [-0.2, -0.15) is 13.2 Å². The summed E-state index contributed by atoms with van der Waals surface area (Å²) < 4.78 is 39.6. The topological polar surface area (TPSA) is 42.7 Å². The van der Waals surface area contributed by atoms with Crippen LogP contribution in [0, 0.1) is 0 Å². The summed E-state index contributed by atoms with van der Waals surface area (Å²) in [4.78, 5) is 7.86. The Bertz CT molecular complexity index is 601. The summed E-state index contributed by atoms with van der Waals surface area (Å²) >= 11 is 0.973. The van der Waals surface area contributed by atoms with E-state index < -0.39 is 11.9 Å². The van der Waals surface area contributed by atoms with Crippen molar-refractivity contribution in [1.29, 1.82) is 0 Å². The quantitative estimate of drug-likeness (QED) is 0.877. The molecule has 1 atom stereocenters. The number of thiazole rings is 1. The lowest BCUT2D eigenvalue weighted by molar-refractivity contribution is -0.140. The number of halogens is 3. The summed E-state index contributed by atoms with van der Waals surface area (Å²) in [5.74, 6) is 0.517. The number of hydrogen-bond acceptors (Lipinski definition) is 4. The van der Waals surface area contributed by atoms with E-state index in [4.69, 9.17) is 0 Å². The van der Waals surface area contributed by atoms with Crippen molar-refractivity contribution in [1.82, 2.24) is 19.9 Å². The third kappa shape index (κ3) is 2.14. The van der Waals surface area contributed by atoms with Crippen molar-refractivity contribution >= 4 is 11.3 Å². The number of nitrogens with zero attached hydrogens (tertiary/aromatic N) is 3. The number of rotatable bonds is 1. The van der Waals surface area contributed by atoms with Gasteiger partial charge in [-0.3, -0.25) is 0 Å². The fraction of sp³-hybridized carbons (Fsp3) is 0.455. The molecule has 0 fully saturated rings. The Morgan fingerprint density at radius 3 is 2.95 bits per heavy atom. The van der Waals surface area contributed by atoms with Gasteiger partial charge < -0.3 is 9.88 Å². The van der Waals surface area contributed by atoms with Crippen LogP contribution in [0.2, 0.25) is 0 Å². The van der Waals surface area contributed by atoms with Gasteiger partial charge in [0.1, 0.15) is 0 Å². The van der Waals surface area contributed by atoms with Gasteiger partial charge >= 0.3 is 6.18 Å². The van der Waals surface area contributed by atoms with Gasteiger partial charge in [0.05, 0.1) is 11.9 Å². The van der Waals surface area contributed by atoms with Crippen molar-refractivity contribution in [3.63, 3.8) is 0 Å². The molecule has 0 amide bonds. The Morgan fingerprint density at radius 2 is 2.26 bits per heavy atom. The zero-order chi connectivity index (χ0) is 13.6. The molecule has 8 heteroatoms. The predicted molar refractivity (Wildman–Crippen MR) is 64.8 cm³/mol. The van der Waals surface area contributed by atoms with Gasteiger partial charge in [0.15, 0.2) is 16.5 Å². The van der Waals surface area contributed by atoms with Crippen LogP contribution in [0.15, 0.2) is 11.6 Å². The smallest absolute Gasteiger partial charge is 0.323 e. The predicted octanol–water partition coefficient (Wildman–Crippen LogP) is 2.69. The molecule has 1 aliphatic heterocycles. The molecule has 19 heavy (non-hydrogen) atoms. The van der Waals surface area contributed by atoms with E-state index in [-0.39, 0.29) is 6.04 Å². The number of nitrogens with one attached hydrogen (secondary N) is 1. The van der Waals surface area contributed by atoms with Gasteiger partial charge in [-0.25, -0.2) is 9.97 Å². The van der Waals surface area contributed by atoms with Gasteiger partial charge in [0, 0.05) is 24.5 Å². The highest BCUT2D eigenvalue weighted by atomic mass is 32.1. The third-order valence-corrected chi connectivity index (χ3v) is 3.94. The van der Waals surface area contributed by atoms with Crippen molar-refractivity contribution in [2.24, 2.45) is 0 Å². The molecule has 3 heterocycles. The van der Waals surface area contributed by atoms with Crippen LogP contribution in [-0.2, 0) is 12.7 Å². The van der Waals surface area contributed by atoms with Crippen LogP contribution in [0.4, 0.5) is 13.2 Å². The normalized spacial score (nSPS) is 19.5. The maximum atomic E-state index is 12.6. The molecule has 0 saturated carbocycles. The lowest BCUT2D eigenvalue weighted by atomic mass is 10.2. The summed E-state index contributed by atoms with van der Waals surface area (Å²) in [7, 11) is 0. The van der Waals surface area contributed by atoms with E-state index in [1.54, 1.807) is 6.20 Å². The highest BCUT2D eigenvalue weighted by Crippen LogP contribution is 2.34. The Kier molecular flexibility index (Phi) is 2.86. The molecule has 0 bridgehead atoms. The SMILES string of the molecule is CC1NCCn2c1cnc2-c1nc(C(F)(F)F)cs1. The van der Waals surface area contributed by atoms with E-state index in [1.165, 1.54) is 0 Å². The summed E-state index contributed by atoms with van der Waals surface area (Å²) in [5.41, 5.74) is 0.122. The molecule has 0 saturated heterocycles. The third-order valence-electron chi connectivity index (χ3n) is 3.10. The van der Waals surface area contributed by atoms with Crippen LogP contribution < -0.4 is 5.32 Å². The molecule has 3 rings (SSSR count). The van der Waals surface area contributed by atoms with E-state index >= 15 is 0 Å². The number of alkyl halides is 3. The average molecular weight is 288 g/mol. The molecule has 0 spiro atoms. The highest BCUT2D eigenvalue weighted by Gasteiger charge is 2.34. The van der Waals surface area contributed by atoms with Crippen LogP contribution in [0.25, 0.3) is 10.8 Å². The zero-order valence-electron chi connectivity index (χ0n) is 10.0. The minimum Gasteiger partial charge on any atom is -0.323 e. The van der Waals surface area contributed by atoms with Crippen LogP contribution in [0.5, 0.6) is 0 Å². The molecule has 0 aliphatic carbocycles. The second-order valence-electron chi connectivity index (χ2n) is 4.37. The van der Waals surface area contributed by atoms with Gasteiger partial charge in [-0.15, -0.1) is 11.3 Å². The summed E-state index contributed by atoms with van der Waals surface area (Å²) in [6, 6.07) is 0.150. The molecule has 102 valence electrons. The Balaban J connectivity index is 2.01. The first-order valence-electron chi connectivity index (χ1n) is 5.78. The minimum atomic E-state index is -4.40. The maximum Gasteiger partial charge on any atom is 0.434 e. The van der Waals surface area contributed by atoms with Crippen molar-refractivity contribution in [2.75, 3.05) is 6.54 Å². The second-order valence-corrected chi connectivity index (χ2v) is 5.23. The molecule has 4 nitrogen and oxygen atoms in total. The zero-order valence-corrected chi connectivity index (χ0v) is 10.8. The van der Waals surface area contributed by atoms with E-state index in [0.717, 1.165) is 29.0 Å². The first-order chi connectivity index (χ1) is 8.97. The first-order valence-corrected chi connectivity index (χ1v) is 6.66. The molecule has 2 aromatic heterocycles. The molecule has 1 unspecified atom stereocenters. The van der Waals surface area contributed by atoms with E-state index in [1.807, 2.05) is 11.5 Å². The van der Waals surface area contributed by atoms with E-state index in [2.05, 4.69) is 15.3 Å². The standard InChI is InChI=1S/C11H11F3N4S/c1-6-7-4-16-9(18(7)3-2-15-6)10-17-8(5-19-10)11(12,13)14/h4-6,15H,2-3H2,1H3. The highest BCUT2D eigenvalue weighted by molar-refractivity contribution is 7.13. The van der Waals surface area contributed by atoms with E-state index in [9.17, 15) is 13.2 Å². The molecule has 1 N–H and O–H groups in total. The molecular formula is C11H11F3N4S. The van der Waals surface area contributed by atoms with E-state index in [0.29, 0.717) is 17.4 Å². The van der Waals surface area contributed by atoms with Gasteiger partial charge in [0.25, 0.3) is 0 Å². The Morgan fingerprint density at radius 1 is 1.47 bits per heavy atom. The number of aromatic nitrogens is 3. The summed E-state index contributed by atoms with van der Waals surface area (Å²) in [5, 5.41) is 4.62. The van der Waals surface area contributed by atoms with Gasteiger partial charge in [-0.1, -0.05) is 0 Å². The van der Waals surface area contributed by atoms with Crippen LogP contribution >= 0.6 is 11.3 Å². The minimum absolute atomic E-state index is 0.150. The first kappa shape index (κ1) is 12.6. The Hall–Kier alpha value is -1.41. The number of hydrogen-bond donors (Lipinski definition) is 1. The average Bonchev–Trinajstić information content (AvgIpc) is 2.93. The molecule has 2 aromatic rings. The molecule has 1 aliphatic rings. The number of imidazole rings is 1. The lowest BCUT2D eigenvalue weighted by Gasteiger charge is -2.23. The maximum absolute atomic E-state index is 12.6. The van der Waals surface area contributed by atoms with Crippen LogP contribution in [0.1, 0.15) is 24.4 Å². The van der Waals surface area contributed by atoms with Crippen LogP contribution in [0.3, 0.4) is 0 Å². The fourth-order valence-corrected chi connectivity index (χ4v) is 2.97. The van der Waals surface area contributed by atoms with Gasteiger partial charge in [0.2, 0.25) is 0 Å². The molecule has 0 radical (unpaired) electrons. The molecular weight excluding hydrogens is 277 g/mol. The second kappa shape index (κ2) is 4.31. The van der Waals surface area contributed by atoms with Crippen LogP contribution in [-0.4, -0.2) is 21.1 Å². The fourth-order valence-electron chi connectivity index (χ4n) is 2.14. The largest absolute Gasteiger partial charge is 0.434 e. The summed E-state index contributed by atoms with van der Waals surface area (Å²) in [6.07, 6.45) is -2.71. The number of fused-ring (bicyclic) bond motifs is 1. The van der Waals surface area contributed by atoms with Crippen molar-refractivity contribution in [3.8, 4) is 10.8 Å². The lowest BCUT2D eigenvalue weighted by Crippen LogP contribution is -2.31. The van der Waals surface area contributed by atoms with Crippen molar-refractivity contribution in [3.05, 3.63) is 23.0 Å².